The van der Waals surface area contributed by atoms with Crippen molar-refractivity contribution >= 4 is 34.0 Å². The maximum atomic E-state index is 5.37. The quantitative estimate of drug-likeness (QED) is 0.469. The second kappa shape index (κ2) is 6.61. The van der Waals surface area contributed by atoms with Crippen LogP contribution in [0.5, 0.6) is 0 Å². The molecule has 0 aliphatic heterocycles. The molecule has 28 heavy (non-hydrogen) atoms. The van der Waals surface area contributed by atoms with E-state index in [1.165, 1.54) is 5.56 Å². The maximum absolute atomic E-state index is 5.37. The van der Waals surface area contributed by atoms with Gasteiger partial charge in [-0.15, -0.1) is 10.2 Å². The van der Waals surface area contributed by atoms with Gasteiger partial charge in [0.05, 0.1) is 23.1 Å². The highest BCUT2D eigenvalue weighted by atomic mass is 32.1. The number of fused-ring (bicyclic) bond motifs is 2. The fourth-order valence-corrected chi connectivity index (χ4v) is 3.80. The molecule has 0 amide bonds. The van der Waals surface area contributed by atoms with Crippen LogP contribution in [0.1, 0.15) is 17.0 Å². The predicted molar refractivity (Wildman–Crippen MR) is 111 cm³/mol. The van der Waals surface area contributed by atoms with Crippen LogP contribution in [0.15, 0.2) is 60.9 Å². The number of aryl methyl sites for hydroxylation is 1. The standard InChI is InChI=1S/C21H16N6S/c1-13-18-19(22-12-23-21(18)28)26-27(13)20-16-10-6-5-9-15(16)17(24-25-20)11-14-7-3-2-4-8-14/h2-10,12H,11H2,1H3,(H,22,23,26,28). The van der Waals surface area contributed by atoms with E-state index in [1.807, 2.05) is 37.3 Å². The molecule has 0 fully saturated rings. The summed E-state index contributed by atoms with van der Waals surface area (Å²) in [4.78, 5) is 7.23. The fourth-order valence-electron chi connectivity index (χ4n) is 3.50. The smallest absolute Gasteiger partial charge is 0.183 e. The molecule has 1 N–H and O–H groups in total. The first-order valence-corrected chi connectivity index (χ1v) is 9.35. The molecule has 0 spiro atoms. The van der Waals surface area contributed by atoms with Crippen molar-refractivity contribution in [1.82, 2.24) is 29.9 Å². The molecule has 0 saturated heterocycles. The Kier molecular flexibility index (Phi) is 3.95. The summed E-state index contributed by atoms with van der Waals surface area (Å²) in [5.41, 5.74) is 3.72. The molecule has 0 radical (unpaired) electrons. The van der Waals surface area contributed by atoms with Crippen molar-refractivity contribution < 1.29 is 0 Å². The molecule has 7 heteroatoms. The van der Waals surface area contributed by atoms with Crippen molar-refractivity contribution in [3.8, 4) is 5.82 Å². The molecule has 3 heterocycles. The van der Waals surface area contributed by atoms with Gasteiger partial charge in [0.25, 0.3) is 0 Å². The molecule has 0 bridgehead atoms. The zero-order chi connectivity index (χ0) is 19.1. The first-order chi connectivity index (χ1) is 13.7. The van der Waals surface area contributed by atoms with Gasteiger partial charge >= 0.3 is 0 Å². The highest BCUT2D eigenvalue weighted by Crippen LogP contribution is 2.26. The summed E-state index contributed by atoms with van der Waals surface area (Å²) < 4.78 is 2.32. The fraction of sp³-hybridized carbons (Fsp3) is 0.0952. The minimum absolute atomic E-state index is 0.524. The average Bonchev–Trinajstić information content (AvgIpc) is 3.07. The lowest BCUT2D eigenvalue weighted by molar-refractivity contribution is 0.798. The number of nitrogens with zero attached hydrogens (tertiary/aromatic N) is 5. The molecule has 0 saturated carbocycles. The second-order valence-electron chi connectivity index (χ2n) is 6.61. The van der Waals surface area contributed by atoms with Crippen molar-refractivity contribution in [2.75, 3.05) is 0 Å². The van der Waals surface area contributed by atoms with Crippen molar-refractivity contribution in [2.45, 2.75) is 13.3 Å². The minimum atomic E-state index is 0.524. The lowest BCUT2D eigenvalue weighted by Crippen LogP contribution is -2.07. The average molecular weight is 384 g/mol. The molecule has 136 valence electrons. The van der Waals surface area contributed by atoms with E-state index < -0.39 is 0 Å². The van der Waals surface area contributed by atoms with E-state index in [9.17, 15) is 0 Å². The van der Waals surface area contributed by atoms with Crippen LogP contribution in [0.25, 0.3) is 27.6 Å². The Labute approximate surface area is 165 Å². The molecule has 5 rings (SSSR count). The van der Waals surface area contributed by atoms with E-state index in [0.717, 1.165) is 34.0 Å². The Bertz CT molecular complexity index is 1370. The number of hydrogen-bond acceptors (Lipinski definition) is 5. The highest BCUT2D eigenvalue weighted by molar-refractivity contribution is 7.71. The SMILES string of the molecule is Cc1c2c(=S)nc[nH]c2nn1-c1nnc(Cc2ccccc2)c2ccccc12. The van der Waals surface area contributed by atoms with E-state index in [2.05, 4.69) is 49.5 Å². The van der Waals surface area contributed by atoms with Crippen LogP contribution in [0, 0.1) is 11.6 Å². The number of hydrogen-bond donors (Lipinski definition) is 1. The van der Waals surface area contributed by atoms with Gasteiger partial charge in [0, 0.05) is 17.2 Å². The number of H-pyrrole nitrogens is 1. The minimum Gasteiger partial charge on any atom is -0.329 e. The van der Waals surface area contributed by atoms with Gasteiger partial charge in [-0.25, -0.2) is 9.67 Å². The third kappa shape index (κ3) is 2.68. The number of aromatic nitrogens is 6. The van der Waals surface area contributed by atoms with Crippen LogP contribution < -0.4 is 0 Å². The molecule has 0 atom stereocenters. The molecular weight excluding hydrogens is 368 g/mol. The summed E-state index contributed by atoms with van der Waals surface area (Å²) in [6.45, 7) is 1.97. The summed E-state index contributed by atoms with van der Waals surface area (Å²) in [6, 6.07) is 18.4. The van der Waals surface area contributed by atoms with Crippen molar-refractivity contribution in [3.05, 3.63) is 82.5 Å². The first-order valence-electron chi connectivity index (χ1n) is 8.94. The monoisotopic (exact) mass is 384 g/mol. The Hall–Kier alpha value is -3.45. The summed E-state index contributed by atoms with van der Waals surface area (Å²) in [5.74, 6) is 0.684. The highest BCUT2D eigenvalue weighted by Gasteiger charge is 2.16. The van der Waals surface area contributed by atoms with Crippen LogP contribution in [0.4, 0.5) is 0 Å². The third-order valence-corrected chi connectivity index (χ3v) is 5.18. The van der Waals surface area contributed by atoms with Gasteiger partial charge in [0.15, 0.2) is 11.5 Å². The van der Waals surface area contributed by atoms with Crippen molar-refractivity contribution in [3.63, 3.8) is 0 Å². The Morgan fingerprint density at radius 3 is 2.50 bits per heavy atom. The van der Waals surface area contributed by atoms with Gasteiger partial charge in [-0.1, -0.05) is 66.8 Å². The third-order valence-electron chi connectivity index (χ3n) is 4.87. The number of rotatable bonds is 3. The molecule has 6 nitrogen and oxygen atoms in total. The zero-order valence-electron chi connectivity index (χ0n) is 15.1. The molecule has 5 aromatic rings. The Morgan fingerprint density at radius 1 is 0.964 bits per heavy atom. The van der Waals surface area contributed by atoms with E-state index in [0.29, 0.717) is 16.1 Å². The van der Waals surface area contributed by atoms with E-state index in [4.69, 9.17) is 12.2 Å². The molecule has 0 aliphatic carbocycles. The van der Waals surface area contributed by atoms with Crippen LogP contribution in [0.3, 0.4) is 0 Å². The normalized spacial score (nSPS) is 11.3. The summed E-state index contributed by atoms with van der Waals surface area (Å²) in [7, 11) is 0. The lowest BCUT2D eigenvalue weighted by Gasteiger charge is -2.10. The predicted octanol–water partition coefficient (Wildman–Crippen LogP) is 4.32. The summed E-state index contributed by atoms with van der Waals surface area (Å²) >= 11 is 5.37. The van der Waals surface area contributed by atoms with Crippen molar-refractivity contribution in [2.24, 2.45) is 0 Å². The van der Waals surface area contributed by atoms with Gasteiger partial charge in [-0.3, -0.25) is 0 Å². The maximum Gasteiger partial charge on any atom is 0.183 e. The largest absolute Gasteiger partial charge is 0.329 e. The Balaban J connectivity index is 1.72. The molecular formula is C21H16N6S. The zero-order valence-corrected chi connectivity index (χ0v) is 15.9. The lowest BCUT2D eigenvalue weighted by atomic mass is 10.0. The van der Waals surface area contributed by atoms with Crippen LogP contribution in [0.2, 0.25) is 0 Å². The summed E-state index contributed by atoms with van der Waals surface area (Å²) in [5, 5.41) is 16.6. The van der Waals surface area contributed by atoms with E-state index >= 15 is 0 Å². The van der Waals surface area contributed by atoms with Crippen LogP contribution in [-0.4, -0.2) is 29.9 Å². The second-order valence-corrected chi connectivity index (χ2v) is 6.99. The number of benzene rings is 2. The first kappa shape index (κ1) is 16.7. The molecule has 2 aromatic carbocycles. The Morgan fingerprint density at radius 2 is 1.71 bits per heavy atom. The number of nitrogens with one attached hydrogen (secondary N) is 1. The van der Waals surface area contributed by atoms with Gasteiger partial charge in [0.2, 0.25) is 0 Å². The van der Waals surface area contributed by atoms with Crippen molar-refractivity contribution in [1.29, 1.82) is 0 Å². The van der Waals surface area contributed by atoms with Crippen LogP contribution in [-0.2, 0) is 6.42 Å². The molecule has 0 aliphatic rings. The van der Waals surface area contributed by atoms with Gasteiger partial charge < -0.3 is 4.98 Å². The van der Waals surface area contributed by atoms with Crippen LogP contribution >= 0.6 is 12.2 Å². The van der Waals surface area contributed by atoms with E-state index in [1.54, 1.807) is 11.0 Å². The number of aromatic amines is 1. The van der Waals surface area contributed by atoms with Gasteiger partial charge in [-0.05, 0) is 12.5 Å². The summed E-state index contributed by atoms with van der Waals surface area (Å²) in [6.07, 6.45) is 2.29. The van der Waals surface area contributed by atoms with Gasteiger partial charge in [-0.2, -0.15) is 5.10 Å². The molecule has 3 aromatic heterocycles. The van der Waals surface area contributed by atoms with E-state index in [-0.39, 0.29) is 0 Å². The molecule has 0 unspecified atom stereocenters. The van der Waals surface area contributed by atoms with Gasteiger partial charge in [0.1, 0.15) is 4.64 Å². The topological polar surface area (TPSA) is 72.3 Å².